The van der Waals surface area contributed by atoms with Crippen LogP contribution in [0.3, 0.4) is 0 Å². The van der Waals surface area contributed by atoms with Crippen LogP contribution in [0.25, 0.3) is 22.0 Å². The topological polar surface area (TPSA) is 76.1 Å². The second-order valence-corrected chi connectivity index (χ2v) is 7.00. The van der Waals surface area contributed by atoms with E-state index in [9.17, 15) is 4.79 Å². The molecular formula is C23H19ClN4O2. The van der Waals surface area contributed by atoms with Crippen molar-refractivity contribution in [3.8, 4) is 17.0 Å². The zero-order valence-corrected chi connectivity index (χ0v) is 17.0. The molecule has 30 heavy (non-hydrogen) atoms. The maximum absolute atomic E-state index is 11.3. The van der Waals surface area contributed by atoms with Crippen LogP contribution in [0.1, 0.15) is 0 Å². The molecule has 0 aliphatic rings. The Morgan fingerprint density at radius 1 is 0.933 bits per heavy atom. The molecule has 0 atom stereocenters. The van der Waals surface area contributed by atoms with E-state index in [0.29, 0.717) is 16.6 Å². The zero-order chi connectivity index (χ0) is 20.9. The number of rotatable bonds is 6. The van der Waals surface area contributed by atoms with Gasteiger partial charge in [0.15, 0.2) is 12.4 Å². The molecule has 0 bridgehead atoms. The summed E-state index contributed by atoms with van der Waals surface area (Å²) in [5.74, 6) is 1.08. The first-order valence-corrected chi connectivity index (χ1v) is 9.73. The minimum Gasteiger partial charge on any atom is -0.484 e. The fraction of sp³-hybridized carbons (Fsp3) is 0.0870. The zero-order valence-electron chi connectivity index (χ0n) is 16.2. The van der Waals surface area contributed by atoms with Crippen molar-refractivity contribution < 1.29 is 9.53 Å². The second kappa shape index (κ2) is 8.80. The van der Waals surface area contributed by atoms with Gasteiger partial charge in [-0.2, -0.15) is 0 Å². The lowest BCUT2D eigenvalue weighted by molar-refractivity contribution is -0.122. The Labute approximate surface area is 178 Å². The Bertz CT molecular complexity index is 1180. The fourth-order valence-corrected chi connectivity index (χ4v) is 3.14. The number of anilines is 2. The number of hydrogen-bond acceptors (Lipinski definition) is 5. The number of likely N-dealkylation sites (N-methyl/N-ethyl adjacent to an activating group) is 1. The van der Waals surface area contributed by atoms with Gasteiger partial charge in [-0.15, -0.1) is 10.2 Å². The number of carbonyl (C=O) groups excluding carboxylic acids is 1. The molecule has 1 aromatic heterocycles. The SMILES string of the molecule is CNC(=O)COc1ccc(Nc2nnc(-c3ccc(Cl)cc3)c3ccccc23)cc1. The van der Waals surface area contributed by atoms with E-state index < -0.39 is 0 Å². The number of ether oxygens (including phenoxy) is 1. The van der Waals surface area contributed by atoms with Gasteiger partial charge in [0.1, 0.15) is 11.4 Å². The van der Waals surface area contributed by atoms with E-state index in [2.05, 4.69) is 20.8 Å². The summed E-state index contributed by atoms with van der Waals surface area (Å²) in [6.07, 6.45) is 0. The first kappa shape index (κ1) is 19.7. The molecule has 2 N–H and O–H groups in total. The molecule has 0 radical (unpaired) electrons. The summed E-state index contributed by atoms with van der Waals surface area (Å²) >= 11 is 6.01. The monoisotopic (exact) mass is 418 g/mol. The largest absolute Gasteiger partial charge is 0.484 e. The third-order valence-electron chi connectivity index (χ3n) is 4.57. The summed E-state index contributed by atoms with van der Waals surface area (Å²) in [5, 5.41) is 17.3. The van der Waals surface area contributed by atoms with Crippen molar-refractivity contribution in [3.05, 3.63) is 77.8 Å². The number of carbonyl (C=O) groups is 1. The van der Waals surface area contributed by atoms with Gasteiger partial charge in [-0.1, -0.05) is 48.0 Å². The van der Waals surface area contributed by atoms with Gasteiger partial charge in [0.05, 0.1) is 0 Å². The lowest BCUT2D eigenvalue weighted by Crippen LogP contribution is -2.24. The van der Waals surface area contributed by atoms with Crippen LogP contribution in [0.5, 0.6) is 5.75 Å². The molecule has 0 aliphatic carbocycles. The second-order valence-electron chi connectivity index (χ2n) is 6.56. The number of benzene rings is 3. The van der Waals surface area contributed by atoms with Crippen molar-refractivity contribution in [2.75, 3.05) is 19.0 Å². The first-order valence-electron chi connectivity index (χ1n) is 9.36. The van der Waals surface area contributed by atoms with E-state index in [1.165, 1.54) is 0 Å². The van der Waals surface area contributed by atoms with Crippen molar-refractivity contribution in [1.82, 2.24) is 15.5 Å². The van der Waals surface area contributed by atoms with E-state index in [1.54, 1.807) is 19.2 Å². The lowest BCUT2D eigenvalue weighted by Gasteiger charge is -2.12. The van der Waals surface area contributed by atoms with E-state index in [0.717, 1.165) is 27.7 Å². The smallest absolute Gasteiger partial charge is 0.257 e. The Kier molecular flexibility index (Phi) is 5.77. The third kappa shape index (κ3) is 4.34. The molecule has 0 saturated carbocycles. The molecule has 7 heteroatoms. The highest BCUT2D eigenvalue weighted by molar-refractivity contribution is 6.30. The number of nitrogens with zero attached hydrogens (tertiary/aromatic N) is 2. The van der Waals surface area contributed by atoms with Gasteiger partial charge in [0.25, 0.3) is 5.91 Å². The summed E-state index contributed by atoms with van der Waals surface area (Å²) in [4.78, 5) is 11.3. The number of halogens is 1. The number of nitrogens with one attached hydrogen (secondary N) is 2. The minimum atomic E-state index is -0.181. The molecule has 150 valence electrons. The van der Waals surface area contributed by atoms with Crippen molar-refractivity contribution >= 4 is 39.8 Å². The summed E-state index contributed by atoms with van der Waals surface area (Å²) in [5.41, 5.74) is 2.58. The van der Waals surface area contributed by atoms with Crippen LogP contribution in [0.2, 0.25) is 5.02 Å². The molecule has 1 heterocycles. The molecule has 6 nitrogen and oxygen atoms in total. The maximum atomic E-state index is 11.3. The molecule has 4 aromatic rings. The van der Waals surface area contributed by atoms with Crippen molar-refractivity contribution in [2.24, 2.45) is 0 Å². The van der Waals surface area contributed by atoms with E-state index in [1.807, 2.05) is 60.7 Å². The molecular weight excluding hydrogens is 400 g/mol. The van der Waals surface area contributed by atoms with Gasteiger partial charge in [0, 0.05) is 34.1 Å². The Morgan fingerprint density at radius 3 is 2.33 bits per heavy atom. The normalized spacial score (nSPS) is 10.6. The van der Waals surface area contributed by atoms with E-state index in [4.69, 9.17) is 16.3 Å². The van der Waals surface area contributed by atoms with E-state index >= 15 is 0 Å². The van der Waals surface area contributed by atoms with Gasteiger partial charge in [0.2, 0.25) is 0 Å². The standard InChI is InChI=1S/C23H19ClN4O2/c1-25-21(29)14-30-18-12-10-17(11-13-18)26-23-20-5-3-2-4-19(20)22(27-28-23)15-6-8-16(24)9-7-15/h2-13H,14H2,1H3,(H,25,29)(H,26,28). The lowest BCUT2D eigenvalue weighted by atomic mass is 10.0. The molecule has 0 saturated heterocycles. The molecule has 0 aliphatic heterocycles. The molecule has 4 rings (SSSR count). The first-order chi connectivity index (χ1) is 14.6. The summed E-state index contributed by atoms with van der Waals surface area (Å²) < 4.78 is 5.43. The van der Waals surface area contributed by atoms with Gasteiger partial charge >= 0.3 is 0 Å². The van der Waals surface area contributed by atoms with Crippen LogP contribution in [-0.2, 0) is 4.79 Å². The number of aromatic nitrogens is 2. The van der Waals surface area contributed by atoms with Crippen molar-refractivity contribution in [1.29, 1.82) is 0 Å². The molecule has 0 unspecified atom stereocenters. The van der Waals surface area contributed by atoms with Gasteiger partial charge < -0.3 is 15.4 Å². The van der Waals surface area contributed by atoms with Crippen LogP contribution in [0.4, 0.5) is 11.5 Å². The van der Waals surface area contributed by atoms with Gasteiger partial charge in [-0.05, 0) is 36.4 Å². The number of amides is 1. The quantitative estimate of drug-likeness (QED) is 0.469. The number of hydrogen-bond donors (Lipinski definition) is 2. The van der Waals surface area contributed by atoms with Gasteiger partial charge in [-0.25, -0.2) is 0 Å². The average molecular weight is 419 g/mol. The Hall–Kier alpha value is -3.64. The van der Waals surface area contributed by atoms with E-state index in [-0.39, 0.29) is 12.5 Å². The maximum Gasteiger partial charge on any atom is 0.257 e. The van der Waals surface area contributed by atoms with Gasteiger partial charge in [-0.3, -0.25) is 4.79 Å². The fourth-order valence-electron chi connectivity index (χ4n) is 3.01. The van der Waals surface area contributed by atoms with Crippen LogP contribution < -0.4 is 15.4 Å². The summed E-state index contributed by atoms with van der Waals surface area (Å²) in [6.45, 7) is -0.0223. The highest BCUT2D eigenvalue weighted by atomic mass is 35.5. The highest BCUT2D eigenvalue weighted by Crippen LogP contribution is 2.31. The molecule has 3 aromatic carbocycles. The van der Waals surface area contributed by atoms with Crippen LogP contribution >= 0.6 is 11.6 Å². The van der Waals surface area contributed by atoms with Crippen LogP contribution in [0.15, 0.2) is 72.8 Å². The third-order valence-corrected chi connectivity index (χ3v) is 4.82. The molecule has 1 amide bonds. The van der Waals surface area contributed by atoms with Crippen molar-refractivity contribution in [3.63, 3.8) is 0 Å². The van der Waals surface area contributed by atoms with Crippen LogP contribution in [0, 0.1) is 0 Å². The number of fused-ring (bicyclic) bond motifs is 1. The predicted octanol–water partition coefficient (Wildman–Crippen LogP) is 4.82. The summed E-state index contributed by atoms with van der Waals surface area (Å²) in [7, 11) is 1.57. The Morgan fingerprint density at radius 2 is 1.63 bits per heavy atom. The highest BCUT2D eigenvalue weighted by Gasteiger charge is 2.11. The minimum absolute atomic E-state index is 0.0223. The summed E-state index contributed by atoms with van der Waals surface area (Å²) in [6, 6.07) is 22.8. The average Bonchev–Trinajstić information content (AvgIpc) is 2.79. The molecule has 0 fully saturated rings. The van der Waals surface area contributed by atoms with Crippen LogP contribution in [-0.4, -0.2) is 29.8 Å². The van der Waals surface area contributed by atoms with Crippen molar-refractivity contribution in [2.45, 2.75) is 0 Å². The predicted molar refractivity (Wildman–Crippen MR) is 119 cm³/mol. The molecule has 0 spiro atoms. The Balaban J connectivity index is 1.60.